The standard InChI is InChI=1S/C12H18N2OS/c1-9-5-3-4-6-11(9)8-16-10(2)7-12(15)14-13/h3-6,10H,7-8,13H2,1-2H3,(H,14,15). The Balaban J connectivity index is 2.40. The molecule has 3 nitrogen and oxygen atoms in total. The van der Waals surface area contributed by atoms with Crippen LogP contribution in [-0.4, -0.2) is 11.2 Å². The van der Waals surface area contributed by atoms with Gasteiger partial charge in [-0.25, -0.2) is 5.84 Å². The Labute approximate surface area is 101 Å². The summed E-state index contributed by atoms with van der Waals surface area (Å²) >= 11 is 1.77. The van der Waals surface area contributed by atoms with Gasteiger partial charge in [0.1, 0.15) is 0 Å². The Morgan fingerprint density at radius 3 is 2.81 bits per heavy atom. The van der Waals surface area contributed by atoms with Crippen LogP contribution in [0.1, 0.15) is 24.5 Å². The van der Waals surface area contributed by atoms with Gasteiger partial charge in [0.05, 0.1) is 0 Å². The topological polar surface area (TPSA) is 55.1 Å². The number of hydrogen-bond donors (Lipinski definition) is 2. The van der Waals surface area contributed by atoms with Crippen molar-refractivity contribution in [1.82, 2.24) is 5.43 Å². The van der Waals surface area contributed by atoms with E-state index in [-0.39, 0.29) is 11.2 Å². The number of hydrazine groups is 1. The van der Waals surface area contributed by atoms with Gasteiger partial charge in [-0.2, -0.15) is 11.8 Å². The lowest BCUT2D eigenvalue weighted by molar-refractivity contribution is -0.121. The molecule has 0 bridgehead atoms. The predicted molar refractivity (Wildman–Crippen MR) is 68.9 cm³/mol. The molecule has 0 fully saturated rings. The van der Waals surface area contributed by atoms with Gasteiger partial charge in [-0.15, -0.1) is 0 Å². The van der Waals surface area contributed by atoms with Crippen LogP contribution in [0.5, 0.6) is 0 Å². The van der Waals surface area contributed by atoms with Crippen LogP contribution in [0.25, 0.3) is 0 Å². The first-order chi connectivity index (χ1) is 7.63. The summed E-state index contributed by atoms with van der Waals surface area (Å²) < 4.78 is 0. The van der Waals surface area contributed by atoms with Gasteiger partial charge in [-0.1, -0.05) is 31.2 Å². The Morgan fingerprint density at radius 1 is 1.50 bits per heavy atom. The minimum absolute atomic E-state index is 0.107. The van der Waals surface area contributed by atoms with Crippen LogP contribution < -0.4 is 11.3 Å². The third-order valence-corrected chi connectivity index (χ3v) is 3.63. The zero-order chi connectivity index (χ0) is 12.0. The molecule has 0 aromatic heterocycles. The molecule has 1 aromatic carbocycles. The van der Waals surface area contributed by atoms with E-state index >= 15 is 0 Å². The highest BCUT2D eigenvalue weighted by molar-refractivity contribution is 7.99. The van der Waals surface area contributed by atoms with Gasteiger partial charge in [0.25, 0.3) is 0 Å². The summed E-state index contributed by atoms with van der Waals surface area (Å²) in [6.45, 7) is 4.14. The molecule has 0 saturated carbocycles. The molecule has 0 saturated heterocycles. The van der Waals surface area contributed by atoms with Crippen molar-refractivity contribution in [3.63, 3.8) is 0 Å². The molecule has 88 valence electrons. The third kappa shape index (κ3) is 4.24. The average Bonchev–Trinajstić information content (AvgIpc) is 2.28. The fourth-order valence-electron chi connectivity index (χ4n) is 1.38. The fraction of sp³-hybridized carbons (Fsp3) is 0.417. The maximum absolute atomic E-state index is 11.1. The number of aryl methyl sites for hydroxylation is 1. The lowest BCUT2D eigenvalue weighted by atomic mass is 10.1. The molecule has 0 aliphatic heterocycles. The van der Waals surface area contributed by atoms with Gasteiger partial charge in [-0.3, -0.25) is 10.2 Å². The van der Waals surface area contributed by atoms with Gasteiger partial charge in [0, 0.05) is 17.4 Å². The lowest BCUT2D eigenvalue weighted by Crippen LogP contribution is -2.31. The van der Waals surface area contributed by atoms with E-state index in [9.17, 15) is 4.79 Å². The van der Waals surface area contributed by atoms with Gasteiger partial charge in [0.15, 0.2) is 0 Å². The predicted octanol–water partition coefficient (Wildman–Crippen LogP) is 2.00. The molecule has 0 spiro atoms. The molecule has 4 heteroatoms. The first-order valence-corrected chi connectivity index (χ1v) is 6.34. The number of hydrogen-bond acceptors (Lipinski definition) is 3. The second-order valence-corrected chi connectivity index (χ2v) is 5.25. The van der Waals surface area contributed by atoms with E-state index in [4.69, 9.17) is 5.84 Å². The highest BCUT2D eigenvalue weighted by Gasteiger charge is 2.08. The first kappa shape index (κ1) is 13.1. The summed E-state index contributed by atoms with van der Waals surface area (Å²) in [5, 5.41) is 0.281. The summed E-state index contributed by atoms with van der Waals surface area (Å²) in [5.41, 5.74) is 4.78. The summed E-state index contributed by atoms with van der Waals surface area (Å²) in [6, 6.07) is 8.31. The number of amides is 1. The zero-order valence-electron chi connectivity index (χ0n) is 9.69. The smallest absolute Gasteiger partial charge is 0.234 e. The van der Waals surface area contributed by atoms with E-state index in [0.717, 1.165) is 5.75 Å². The molecular formula is C12H18N2OS. The van der Waals surface area contributed by atoms with Crippen molar-refractivity contribution in [3.05, 3.63) is 35.4 Å². The first-order valence-electron chi connectivity index (χ1n) is 5.29. The number of nitrogens with two attached hydrogens (primary N) is 1. The van der Waals surface area contributed by atoms with Crippen molar-refractivity contribution in [1.29, 1.82) is 0 Å². The summed E-state index contributed by atoms with van der Waals surface area (Å²) in [6.07, 6.45) is 0.465. The highest BCUT2D eigenvalue weighted by Crippen LogP contribution is 2.21. The Hall–Kier alpha value is -1.00. The van der Waals surface area contributed by atoms with Crippen LogP contribution in [0.4, 0.5) is 0 Å². The summed E-state index contributed by atoms with van der Waals surface area (Å²) in [5.74, 6) is 5.87. The van der Waals surface area contributed by atoms with Gasteiger partial charge in [0.2, 0.25) is 5.91 Å². The number of carbonyl (C=O) groups excluding carboxylic acids is 1. The van der Waals surface area contributed by atoms with Gasteiger partial charge < -0.3 is 0 Å². The number of nitrogens with one attached hydrogen (secondary N) is 1. The maximum Gasteiger partial charge on any atom is 0.234 e. The molecule has 1 amide bonds. The van der Waals surface area contributed by atoms with E-state index < -0.39 is 0 Å². The van der Waals surface area contributed by atoms with Crippen molar-refractivity contribution in [2.24, 2.45) is 5.84 Å². The normalized spacial score (nSPS) is 12.2. The quantitative estimate of drug-likeness (QED) is 0.468. The van der Waals surface area contributed by atoms with Crippen LogP contribution in [0, 0.1) is 6.92 Å². The monoisotopic (exact) mass is 238 g/mol. The van der Waals surface area contributed by atoms with Gasteiger partial charge >= 0.3 is 0 Å². The highest BCUT2D eigenvalue weighted by atomic mass is 32.2. The molecule has 0 heterocycles. The lowest BCUT2D eigenvalue weighted by Gasteiger charge is -2.11. The molecule has 1 rings (SSSR count). The third-order valence-electron chi connectivity index (χ3n) is 2.42. The SMILES string of the molecule is Cc1ccccc1CSC(C)CC(=O)NN. The van der Waals surface area contributed by atoms with Crippen LogP contribution in [0.15, 0.2) is 24.3 Å². The molecule has 1 aromatic rings. The van der Waals surface area contributed by atoms with Crippen molar-refractivity contribution in [2.75, 3.05) is 0 Å². The Kier molecular flexibility index (Phi) is 5.35. The van der Waals surface area contributed by atoms with Crippen molar-refractivity contribution >= 4 is 17.7 Å². The molecule has 16 heavy (non-hydrogen) atoms. The fourth-order valence-corrected chi connectivity index (χ4v) is 2.44. The van der Waals surface area contributed by atoms with Crippen LogP contribution in [0.3, 0.4) is 0 Å². The van der Waals surface area contributed by atoms with Gasteiger partial charge in [-0.05, 0) is 18.1 Å². The molecule has 1 unspecified atom stereocenters. The van der Waals surface area contributed by atoms with Crippen molar-refractivity contribution in [3.8, 4) is 0 Å². The number of rotatable bonds is 5. The minimum Gasteiger partial charge on any atom is -0.294 e. The van der Waals surface area contributed by atoms with Crippen molar-refractivity contribution in [2.45, 2.75) is 31.3 Å². The zero-order valence-corrected chi connectivity index (χ0v) is 10.5. The molecule has 0 radical (unpaired) electrons. The molecule has 3 N–H and O–H groups in total. The Morgan fingerprint density at radius 2 is 2.19 bits per heavy atom. The van der Waals surface area contributed by atoms with E-state index in [1.807, 2.05) is 19.1 Å². The maximum atomic E-state index is 11.1. The average molecular weight is 238 g/mol. The van der Waals surface area contributed by atoms with Crippen LogP contribution >= 0.6 is 11.8 Å². The minimum atomic E-state index is -0.107. The molecule has 0 aliphatic carbocycles. The van der Waals surface area contributed by atoms with E-state index in [2.05, 4.69) is 24.5 Å². The molecule has 0 aliphatic rings. The van der Waals surface area contributed by atoms with E-state index in [1.165, 1.54) is 11.1 Å². The van der Waals surface area contributed by atoms with Crippen LogP contribution in [-0.2, 0) is 10.5 Å². The second-order valence-electron chi connectivity index (χ2n) is 3.82. The summed E-state index contributed by atoms with van der Waals surface area (Å²) in [7, 11) is 0. The molecule has 1 atom stereocenters. The second kappa shape index (κ2) is 6.55. The molecular weight excluding hydrogens is 220 g/mol. The number of thioether (sulfide) groups is 1. The Bertz CT molecular complexity index is 355. The van der Waals surface area contributed by atoms with E-state index in [1.54, 1.807) is 11.8 Å². The van der Waals surface area contributed by atoms with E-state index in [0.29, 0.717) is 6.42 Å². The number of benzene rings is 1. The van der Waals surface area contributed by atoms with Crippen molar-refractivity contribution < 1.29 is 4.79 Å². The largest absolute Gasteiger partial charge is 0.294 e. The van der Waals surface area contributed by atoms with Crippen LogP contribution in [0.2, 0.25) is 0 Å². The summed E-state index contributed by atoms with van der Waals surface area (Å²) in [4.78, 5) is 11.1. The number of carbonyl (C=O) groups is 1.